The highest BCUT2D eigenvalue weighted by molar-refractivity contribution is 7.90. The van der Waals surface area contributed by atoms with E-state index in [2.05, 4.69) is 29.8 Å². The molecule has 0 spiro atoms. The van der Waals surface area contributed by atoms with Crippen molar-refractivity contribution in [1.82, 2.24) is 19.4 Å². The zero-order chi connectivity index (χ0) is 39.9. The number of anilines is 2. The molecule has 1 aliphatic rings. The average molecular weight is 821 g/mol. The number of urea groups is 1. The average Bonchev–Trinajstić information content (AvgIpc) is 3.45. The number of hydrogen-bond acceptors (Lipinski definition) is 15. The molecular formula is C29H31Cl2N7O13S2. The van der Waals surface area contributed by atoms with Crippen molar-refractivity contribution in [3.05, 3.63) is 63.6 Å². The normalized spacial score (nSPS) is 15.3. The van der Waals surface area contributed by atoms with Gasteiger partial charge in [0.05, 0.1) is 49.9 Å². The second-order valence-corrected chi connectivity index (χ2v) is 15.1. The van der Waals surface area contributed by atoms with Crippen LogP contribution in [0.15, 0.2) is 52.5 Å². The summed E-state index contributed by atoms with van der Waals surface area (Å²) in [5.41, 5.74) is -1.63. The van der Waals surface area contributed by atoms with E-state index < -0.39 is 54.4 Å². The molecule has 1 aromatic heterocycles. The zero-order valence-electron chi connectivity index (χ0n) is 28.2. The second-order valence-electron chi connectivity index (χ2n) is 10.8. The van der Waals surface area contributed by atoms with Crippen LogP contribution >= 0.6 is 23.2 Å². The van der Waals surface area contributed by atoms with Crippen LogP contribution in [0.1, 0.15) is 29.3 Å². The molecule has 53 heavy (non-hydrogen) atoms. The minimum atomic E-state index is -4.63. The van der Waals surface area contributed by atoms with E-state index in [1.54, 1.807) is 4.72 Å². The minimum absolute atomic E-state index is 0.0408. The van der Waals surface area contributed by atoms with E-state index >= 15 is 0 Å². The Bertz CT molecular complexity index is 2170. The molecule has 2 aromatic carbocycles. The molecule has 0 radical (unpaired) electrons. The van der Waals surface area contributed by atoms with Crippen LogP contribution in [-0.4, -0.2) is 99.8 Å². The number of methoxy groups -OCH3 is 3. The number of hydrogen-bond donors (Lipinski definition) is 5. The fourth-order valence-electron chi connectivity index (χ4n) is 4.29. The molecule has 0 saturated heterocycles. The smallest absolute Gasteiger partial charge is 0.352 e. The number of aromatic nitrogens is 2. The quantitative estimate of drug-likeness (QED) is 0.164. The number of amides is 2. The molecule has 2 heterocycles. The largest absolute Gasteiger partial charge is 0.481 e. The van der Waals surface area contributed by atoms with Crippen LogP contribution in [0.2, 0.25) is 10.0 Å². The van der Waals surface area contributed by atoms with Crippen molar-refractivity contribution >= 4 is 84.5 Å². The Morgan fingerprint density at radius 1 is 0.943 bits per heavy atom. The molecule has 0 aliphatic carbocycles. The van der Waals surface area contributed by atoms with Gasteiger partial charge in [-0.15, -0.1) is 0 Å². The van der Waals surface area contributed by atoms with E-state index in [1.807, 2.05) is 0 Å². The number of carboxylic acid groups (broad SMARTS) is 2. The second kappa shape index (κ2) is 17.0. The highest BCUT2D eigenvalue weighted by Crippen LogP contribution is 2.38. The fourth-order valence-corrected chi connectivity index (χ4v) is 6.36. The maximum absolute atomic E-state index is 12.9. The molecule has 3 aromatic rings. The van der Waals surface area contributed by atoms with Crippen LogP contribution in [0.5, 0.6) is 11.8 Å². The van der Waals surface area contributed by atoms with Crippen LogP contribution in [0.3, 0.4) is 0 Å². The molecule has 1 atom stereocenters. The fraction of sp³-hybridized carbons (Fsp3) is 0.276. The van der Waals surface area contributed by atoms with Crippen LogP contribution in [0.25, 0.3) is 0 Å². The summed E-state index contributed by atoms with van der Waals surface area (Å²) in [7, 11) is -4.53. The number of sulfonamides is 2. The Kier molecular flexibility index (Phi) is 13.5. The Balaban J connectivity index is 0.000000321. The standard InChI is InChI=1S/C17H21N5O9S2.C12H10Cl2N2O4/c1-29-13-8-14(30-2)20-16(19-13)21-17(24)22-33(27,28)12-7-10(9-18-32(4,25)26)5-6-11(12)15(23)31-3;1-12(11(19)20)5-8(10(17)18)15-16(12)9-3-2-6(13)4-7(9)14/h5-8,18H,9H2,1-4H3,(H2,19,20,21,22,24);2-4H,5H2,1H3,(H,17,18)(H,19,20). The van der Waals surface area contributed by atoms with Crippen LogP contribution < -0.4 is 29.2 Å². The van der Waals surface area contributed by atoms with E-state index in [4.69, 9.17) is 37.8 Å². The lowest BCUT2D eigenvalue weighted by molar-refractivity contribution is -0.142. The van der Waals surface area contributed by atoms with Crippen molar-refractivity contribution in [2.45, 2.75) is 30.3 Å². The molecule has 286 valence electrons. The lowest BCUT2D eigenvalue weighted by Crippen LogP contribution is -2.47. The summed E-state index contributed by atoms with van der Waals surface area (Å²) in [6.07, 6.45) is 0.700. The number of carboxylic acids is 2. The number of halogens is 2. The van der Waals surface area contributed by atoms with Gasteiger partial charge in [0.15, 0.2) is 5.54 Å². The number of aliphatic carboxylic acids is 2. The van der Waals surface area contributed by atoms with Gasteiger partial charge in [0.25, 0.3) is 10.0 Å². The van der Waals surface area contributed by atoms with Gasteiger partial charge in [0.1, 0.15) is 10.6 Å². The van der Waals surface area contributed by atoms with Crippen LogP contribution in [-0.2, 0) is 40.9 Å². The third-order valence-corrected chi connectivity index (χ3v) is 9.45. The van der Waals surface area contributed by atoms with Crippen molar-refractivity contribution in [1.29, 1.82) is 0 Å². The van der Waals surface area contributed by atoms with Crippen molar-refractivity contribution in [2.75, 3.05) is 37.9 Å². The molecule has 0 bridgehead atoms. The molecule has 0 saturated carbocycles. The number of ether oxygens (including phenoxy) is 3. The van der Waals surface area contributed by atoms with Crippen molar-refractivity contribution in [3.63, 3.8) is 0 Å². The lowest BCUT2D eigenvalue weighted by atomic mass is 9.95. The summed E-state index contributed by atoms with van der Waals surface area (Å²) < 4.78 is 66.8. The number of hydrazone groups is 1. The van der Waals surface area contributed by atoms with Gasteiger partial charge < -0.3 is 24.4 Å². The van der Waals surface area contributed by atoms with Gasteiger partial charge in [0, 0.05) is 18.0 Å². The third-order valence-electron chi connectivity index (χ3n) is 6.87. The Morgan fingerprint density at radius 2 is 1.57 bits per heavy atom. The summed E-state index contributed by atoms with van der Waals surface area (Å²) in [5.74, 6) is -3.68. The molecule has 1 aliphatic heterocycles. The first kappa shape index (κ1) is 42.1. The molecule has 4 rings (SSSR count). The van der Waals surface area contributed by atoms with E-state index in [-0.39, 0.29) is 58.2 Å². The lowest BCUT2D eigenvalue weighted by Gasteiger charge is -2.30. The predicted molar refractivity (Wildman–Crippen MR) is 189 cm³/mol. The summed E-state index contributed by atoms with van der Waals surface area (Å²) in [6, 6.07) is 8.05. The molecule has 0 fully saturated rings. The van der Waals surface area contributed by atoms with Crippen LogP contribution in [0, 0.1) is 0 Å². The Hall–Kier alpha value is -5.29. The van der Waals surface area contributed by atoms with E-state index in [0.29, 0.717) is 5.02 Å². The van der Waals surface area contributed by atoms with Gasteiger partial charge in [-0.25, -0.2) is 50.5 Å². The number of nitrogens with one attached hydrogen (secondary N) is 3. The first-order chi connectivity index (χ1) is 24.6. The van der Waals surface area contributed by atoms with Gasteiger partial charge in [-0.05, 0) is 42.8 Å². The first-order valence-corrected chi connectivity index (χ1v) is 18.5. The van der Waals surface area contributed by atoms with Crippen molar-refractivity contribution < 1.29 is 60.4 Å². The van der Waals surface area contributed by atoms with Crippen LogP contribution in [0.4, 0.5) is 16.4 Å². The topological polar surface area (TPSA) is 282 Å². The van der Waals surface area contributed by atoms with E-state index in [9.17, 15) is 41.1 Å². The SMILES string of the molecule is CC1(C(=O)O)CC(C(=O)O)=NN1c1ccc(Cl)cc1Cl.COC(=O)c1ccc(CNS(C)(=O)=O)cc1S(=O)(=O)NC(=O)Nc1nc(OC)cc(OC)n1. The first-order valence-electron chi connectivity index (χ1n) is 14.4. The molecular weight excluding hydrogens is 789 g/mol. The molecule has 5 N–H and O–H groups in total. The monoisotopic (exact) mass is 819 g/mol. The van der Waals surface area contributed by atoms with Gasteiger partial charge in [0.2, 0.25) is 27.7 Å². The number of benzene rings is 2. The minimum Gasteiger partial charge on any atom is -0.481 e. The number of rotatable bonds is 12. The number of carbonyl (C=O) groups is 4. The van der Waals surface area contributed by atoms with E-state index in [0.717, 1.165) is 30.5 Å². The summed E-state index contributed by atoms with van der Waals surface area (Å²) in [5, 5.41) is 26.0. The van der Waals surface area contributed by atoms with Gasteiger partial charge in [-0.1, -0.05) is 29.3 Å². The highest BCUT2D eigenvalue weighted by atomic mass is 35.5. The van der Waals surface area contributed by atoms with Gasteiger partial charge in [-0.3, -0.25) is 5.32 Å². The highest BCUT2D eigenvalue weighted by Gasteiger charge is 2.48. The molecule has 2 amide bonds. The zero-order valence-corrected chi connectivity index (χ0v) is 31.3. The number of nitrogens with zero attached hydrogens (tertiary/aromatic N) is 4. The van der Waals surface area contributed by atoms with Gasteiger partial charge in [-0.2, -0.15) is 15.1 Å². The van der Waals surface area contributed by atoms with Crippen molar-refractivity contribution in [2.24, 2.45) is 5.10 Å². The molecule has 24 heteroatoms. The molecule has 20 nitrogen and oxygen atoms in total. The maximum Gasteiger partial charge on any atom is 0.352 e. The summed E-state index contributed by atoms with van der Waals surface area (Å²) in [6.45, 7) is 1.13. The number of carbonyl (C=O) groups excluding carboxylic acids is 2. The summed E-state index contributed by atoms with van der Waals surface area (Å²) >= 11 is 11.8. The Labute approximate surface area is 312 Å². The number of esters is 1. The molecule has 1 unspecified atom stereocenters. The summed E-state index contributed by atoms with van der Waals surface area (Å²) in [4.78, 5) is 54.0. The van der Waals surface area contributed by atoms with Crippen molar-refractivity contribution in [3.8, 4) is 11.8 Å². The third kappa shape index (κ3) is 10.9. The maximum atomic E-state index is 12.9. The van der Waals surface area contributed by atoms with E-state index in [1.165, 1.54) is 51.5 Å². The van der Waals surface area contributed by atoms with Gasteiger partial charge >= 0.3 is 23.9 Å². The predicted octanol–water partition coefficient (Wildman–Crippen LogP) is 2.33. The Morgan fingerprint density at radius 3 is 2.08 bits per heavy atom.